The van der Waals surface area contributed by atoms with Gasteiger partial charge in [0.2, 0.25) is 5.91 Å². The molecule has 0 aliphatic carbocycles. The number of benzene rings is 2. The number of hydrogen-bond donors (Lipinski definition) is 1. The third kappa shape index (κ3) is 3.10. The summed E-state index contributed by atoms with van der Waals surface area (Å²) >= 11 is 0. The number of nitrogens with zero attached hydrogens (tertiary/aromatic N) is 3. The van der Waals surface area contributed by atoms with Gasteiger partial charge in [0, 0.05) is 24.2 Å². The summed E-state index contributed by atoms with van der Waals surface area (Å²) in [7, 11) is 0. The van der Waals surface area contributed by atoms with E-state index in [1.165, 1.54) is 6.33 Å². The standard InChI is InChI=1S/C19H18N4O2/c24-19(21-10-5-11-23-13-20-12-22-23)18-14-6-1-3-8-16(14)25-17-9-4-2-7-15(17)18/h1-4,6-9,12-13,18H,5,10-11H2,(H,21,24). The first-order valence-electron chi connectivity index (χ1n) is 8.29. The molecule has 1 aliphatic rings. The molecule has 1 aliphatic heterocycles. The first-order chi connectivity index (χ1) is 12.3. The lowest BCUT2D eigenvalue weighted by Crippen LogP contribution is -2.32. The van der Waals surface area contributed by atoms with Gasteiger partial charge in [0.1, 0.15) is 24.2 Å². The van der Waals surface area contributed by atoms with Crippen molar-refractivity contribution in [3.05, 3.63) is 72.3 Å². The van der Waals surface area contributed by atoms with Crippen LogP contribution >= 0.6 is 0 Å². The molecular weight excluding hydrogens is 316 g/mol. The lowest BCUT2D eigenvalue weighted by atomic mass is 9.87. The lowest BCUT2D eigenvalue weighted by molar-refractivity contribution is -0.121. The van der Waals surface area contributed by atoms with E-state index in [1.807, 2.05) is 48.5 Å². The molecule has 1 amide bonds. The highest BCUT2D eigenvalue weighted by molar-refractivity contribution is 5.89. The summed E-state index contributed by atoms with van der Waals surface area (Å²) in [6.07, 6.45) is 3.98. The van der Waals surface area contributed by atoms with E-state index in [0.29, 0.717) is 6.54 Å². The molecule has 25 heavy (non-hydrogen) atoms. The number of aryl methyl sites for hydroxylation is 1. The minimum absolute atomic E-state index is 0.0122. The van der Waals surface area contributed by atoms with Crippen molar-refractivity contribution in [1.82, 2.24) is 20.1 Å². The molecular formula is C19H18N4O2. The molecule has 0 saturated carbocycles. The number of amides is 1. The Morgan fingerprint density at radius 3 is 2.40 bits per heavy atom. The average Bonchev–Trinajstić information content (AvgIpc) is 3.16. The second-order valence-electron chi connectivity index (χ2n) is 5.91. The second kappa shape index (κ2) is 6.76. The van der Waals surface area contributed by atoms with Gasteiger partial charge in [-0.05, 0) is 18.6 Å². The number of nitrogens with one attached hydrogen (secondary N) is 1. The van der Waals surface area contributed by atoms with Crippen LogP contribution in [0.2, 0.25) is 0 Å². The fourth-order valence-corrected chi connectivity index (χ4v) is 3.10. The van der Waals surface area contributed by atoms with Crippen LogP contribution < -0.4 is 10.1 Å². The zero-order valence-corrected chi connectivity index (χ0v) is 13.6. The SMILES string of the molecule is O=C(NCCCn1cncn1)C1c2ccccc2Oc2ccccc21. The number of aromatic nitrogens is 3. The van der Waals surface area contributed by atoms with E-state index in [0.717, 1.165) is 35.6 Å². The third-order valence-corrected chi connectivity index (χ3v) is 4.27. The summed E-state index contributed by atoms with van der Waals surface area (Å²) in [5.41, 5.74) is 1.80. The normalized spacial score (nSPS) is 12.8. The maximum atomic E-state index is 12.9. The van der Waals surface area contributed by atoms with E-state index in [2.05, 4.69) is 15.4 Å². The van der Waals surface area contributed by atoms with Gasteiger partial charge in [-0.1, -0.05) is 36.4 Å². The van der Waals surface area contributed by atoms with E-state index in [-0.39, 0.29) is 11.8 Å². The Morgan fingerprint density at radius 1 is 1.08 bits per heavy atom. The summed E-state index contributed by atoms with van der Waals surface area (Å²) in [6, 6.07) is 15.4. The molecule has 0 atom stereocenters. The fourth-order valence-electron chi connectivity index (χ4n) is 3.10. The highest BCUT2D eigenvalue weighted by Crippen LogP contribution is 2.43. The summed E-state index contributed by atoms with van der Waals surface area (Å²) < 4.78 is 7.69. The van der Waals surface area contributed by atoms with Gasteiger partial charge in [0.15, 0.2) is 0 Å². The summed E-state index contributed by atoms with van der Waals surface area (Å²) in [6.45, 7) is 1.31. The molecule has 0 fully saturated rings. The summed E-state index contributed by atoms with van der Waals surface area (Å²) in [5.74, 6) is 1.11. The highest BCUT2D eigenvalue weighted by Gasteiger charge is 2.31. The van der Waals surface area contributed by atoms with Gasteiger partial charge >= 0.3 is 0 Å². The van der Waals surface area contributed by atoms with E-state index in [4.69, 9.17) is 4.74 Å². The van der Waals surface area contributed by atoms with Gasteiger partial charge in [-0.2, -0.15) is 5.10 Å². The molecule has 3 aromatic rings. The Morgan fingerprint density at radius 2 is 1.76 bits per heavy atom. The largest absolute Gasteiger partial charge is 0.457 e. The average molecular weight is 334 g/mol. The molecule has 4 rings (SSSR count). The number of carbonyl (C=O) groups is 1. The van der Waals surface area contributed by atoms with Crippen LogP contribution in [0.3, 0.4) is 0 Å². The Bertz CT molecular complexity index is 831. The quantitative estimate of drug-likeness (QED) is 0.729. The predicted molar refractivity (Wildman–Crippen MR) is 92.4 cm³/mol. The van der Waals surface area contributed by atoms with Crippen molar-refractivity contribution in [2.24, 2.45) is 0 Å². The Balaban J connectivity index is 1.50. The van der Waals surface area contributed by atoms with E-state index >= 15 is 0 Å². The Labute approximate surface area is 145 Å². The van der Waals surface area contributed by atoms with Gasteiger partial charge in [-0.15, -0.1) is 0 Å². The van der Waals surface area contributed by atoms with E-state index in [1.54, 1.807) is 11.0 Å². The van der Waals surface area contributed by atoms with Crippen LogP contribution in [-0.4, -0.2) is 27.2 Å². The van der Waals surface area contributed by atoms with Crippen molar-refractivity contribution >= 4 is 5.91 Å². The monoisotopic (exact) mass is 334 g/mol. The van der Waals surface area contributed by atoms with Crippen LogP contribution in [-0.2, 0) is 11.3 Å². The lowest BCUT2D eigenvalue weighted by Gasteiger charge is -2.27. The van der Waals surface area contributed by atoms with Gasteiger partial charge in [-0.25, -0.2) is 4.98 Å². The minimum Gasteiger partial charge on any atom is -0.457 e. The molecule has 0 bridgehead atoms. The number of hydrogen-bond acceptors (Lipinski definition) is 4. The van der Waals surface area contributed by atoms with Gasteiger partial charge < -0.3 is 10.1 Å². The van der Waals surface area contributed by atoms with Crippen molar-refractivity contribution in [1.29, 1.82) is 0 Å². The van der Waals surface area contributed by atoms with Crippen LogP contribution in [0.1, 0.15) is 23.5 Å². The number of fused-ring (bicyclic) bond motifs is 2. The Kier molecular flexibility index (Phi) is 4.16. The molecule has 1 aromatic heterocycles. The van der Waals surface area contributed by atoms with Gasteiger partial charge in [0.05, 0.1) is 5.92 Å². The fraction of sp³-hybridized carbons (Fsp3) is 0.211. The van der Waals surface area contributed by atoms with E-state index in [9.17, 15) is 4.79 Å². The summed E-state index contributed by atoms with van der Waals surface area (Å²) in [4.78, 5) is 16.8. The molecule has 0 unspecified atom stereocenters. The number of carbonyl (C=O) groups excluding carboxylic acids is 1. The van der Waals surface area contributed by atoms with Gasteiger partial charge in [-0.3, -0.25) is 9.48 Å². The number of rotatable bonds is 5. The van der Waals surface area contributed by atoms with Gasteiger partial charge in [0.25, 0.3) is 0 Å². The molecule has 126 valence electrons. The van der Waals surface area contributed by atoms with Crippen molar-refractivity contribution in [2.45, 2.75) is 18.9 Å². The maximum Gasteiger partial charge on any atom is 0.232 e. The van der Waals surface area contributed by atoms with Crippen molar-refractivity contribution in [3.63, 3.8) is 0 Å². The third-order valence-electron chi connectivity index (χ3n) is 4.27. The van der Waals surface area contributed by atoms with Crippen LogP contribution in [0.15, 0.2) is 61.2 Å². The maximum absolute atomic E-state index is 12.9. The first-order valence-corrected chi connectivity index (χ1v) is 8.29. The Hall–Kier alpha value is -3.15. The van der Waals surface area contributed by atoms with E-state index < -0.39 is 0 Å². The number of ether oxygens (including phenoxy) is 1. The zero-order valence-electron chi connectivity index (χ0n) is 13.6. The molecule has 6 heteroatoms. The number of para-hydroxylation sites is 2. The smallest absolute Gasteiger partial charge is 0.232 e. The topological polar surface area (TPSA) is 69.0 Å². The zero-order chi connectivity index (χ0) is 17.1. The molecule has 6 nitrogen and oxygen atoms in total. The van der Waals surface area contributed by atoms with Crippen LogP contribution in [0, 0.1) is 0 Å². The second-order valence-corrected chi connectivity index (χ2v) is 5.91. The summed E-state index contributed by atoms with van der Waals surface area (Å²) in [5, 5.41) is 7.10. The van der Waals surface area contributed by atoms with Crippen molar-refractivity contribution < 1.29 is 9.53 Å². The van der Waals surface area contributed by atoms with Crippen LogP contribution in [0.4, 0.5) is 0 Å². The molecule has 2 aromatic carbocycles. The molecule has 2 heterocycles. The molecule has 0 spiro atoms. The first kappa shape index (κ1) is 15.4. The molecule has 0 radical (unpaired) electrons. The van der Waals surface area contributed by atoms with Crippen LogP contribution in [0.5, 0.6) is 11.5 Å². The molecule has 1 N–H and O–H groups in total. The predicted octanol–water partition coefficient (Wildman–Crippen LogP) is 2.72. The van der Waals surface area contributed by atoms with Crippen molar-refractivity contribution in [3.8, 4) is 11.5 Å². The van der Waals surface area contributed by atoms with Crippen molar-refractivity contribution in [2.75, 3.05) is 6.54 Å². The minimum atomic E-state index is -0.354. The highest BCUT2D eigenvalue weighted by atomic mass is 16.5. The molecule has 0 saturated heterocycles. The van der Waals surface area contributed by atoms with Crippen LogP contribution in [0.25, 0.3) is 0 Å².